The number of aromatic nitrogens is 2. The van der Waals surface area contributed by atoms with E-state index >= 15 is 0 Å². The minimum absolute atomic E-state index is 0.669. The summed E-state index contributed by atoms with van der Waals surface area (Å²) >= 11 is 5.92. The maximum absolute atomic E-state index is 8.82. The van der Waals surface area contributed by atoms with Gasteiger partial charge in [-0.25, -0.2) is 4.98 Å². The molecular weight excluding hydrogens is 282 g/mol. The Bertz CT molecular complexity index is 780. The Morgan fingerprint density at radius 3 is 2.43 bits per heavy atom. The first-order valence-electron chi connectivity index (χ1n) is 6.52. The van der Waals surface area contributed by atoms with E-state index in [1.165, 1.54) is 0 Å². The summed E-state index contributed by atoms with van der Waals surface area (Å²) in [6, 6.07) is 17.3. The van der Waals surface area contributed by atoms with E-state index < -0.39 is 0 Å². The van der Waals surface area contributed by atoms with E-state index in [2.05, 4.69) is 15.6 Å². The van der Waals surface area contributed by atoms with Crippen molar-refractivity contribution in [2.75, 3.05) is 0 Å². The van der Waals surface area contributed by atoms with Crippen LogP contribution in [0, 0.1) is 11.3 Å². The van der Waals surface area contributed by atoms with Crippen molar-refractivity contribution >= 4 is 11.6 Å². The molecule has 0 aliphatic rings. The zero-order valence-electron chi connectivity index (χ0n) is 11.2. The molecule has 21 heavy (non-hydrogen) atoms. The molecule has 0 bridgehead atoms. The topological polar surface area (TPSA) is 41.6 Å². The molecule has 0 saturated heterocycles. The SMILES string of the molecule is N#Cc1ccc(Cn2ccnc2-c2ccc(Cl)cc2)cc1. The fourth-order valence-corrected chi connectivity index (χ4v) is 2.30. The quantitative estimate of drug-likeness (QED) is 0.729. The van der Waals surface area contributed by atoms with Crippen LogP contribution in [0.5, 0.6) is 0 Å². The van der Waals surface area contributed by atoms with Crippen molar-refractivity contribution in [3.63, 3.8) is 0 Å². The molecule has 0 atom stereocenters. The molecule has 0 aliphatic carbocycles. The van der Waals surface area contributed by atoms with Gasteiger partial charge >= 0.3 is 0 Å². The molecule has 4 heteroatoms. The molecular formula is C17H12ClN3. The highest BCUT2D eigenvalue weighted by Crippen LogP contribution is 2.21. The number of imidazole rings is 1. The molecule has 3 nitrogen and oxygen atoms in total. The number of hydrogen-bond acceptors (Lipinski definition) is 2. The molecule has 0 saturated carbocycles. The van der Waals surface area contributed by atoms with Crippen molar-refractivity contribution < 1.29 is 0 Å². The lowest BCUT2D eigenvalue weighted by molar-refractivity contribution is 0.807. The smallest absolute Gasteiger partial charge is 0.140 e. The lowest BCUT2D eigenvalue weighted by Crippen LogP contribution is -2.01. The maximum atomic E-state index is 8.82. The summed E-state index contributed by atoms with van der Waals surface area (Å²) in [6.45, 7) is 0.712. The third-order valence-corrected chi connectivity index (χ3v) is 3.51. The minimum Gasteiger partial charge on any atom is -0.327 e. The molecule has 0 fully saturated rings. The second-order valence-electron chi connectivity index (χ2n) is 4.69. The zero-order chi connectivity index (χ0) is 14.7. The highest BCUT2D eigenvalue weighted by molar-refractivity contribution is 6.30. The van der Waals surface area contributed by atoms with Gasteiger partial charge in [0.2, 0.25) is 0 Å². The normalized spacial score (nSPS) is 10.3. The van der Waals surface area contributed by atoms with Gasteiger partial charge in [0, 0.05) is 29.5 Å². The van der Waals surface area contributed by atoms with E-state index in [0.717, 1.165) is 17.0 Å². The van der Waals surface area contributed by atoms with Crippen LogP contribution in [0.25, 0.3) is 11.4 Å². The molecule has 102 valence electrons. The molecule has 0 unspecified atom stereocenters. The Labute approximate surface area is 128 Å². The summed E-state index contributed by atoms with van der Waals surface area (Å²) in [5, 5.41) is 9.54. The Hall–Kier alpha value is -2.57. The molecule has 0 radical (unpaired) electrons. The third kappa shape index (κ3) is 2.96. The fraction of sp³-hybridized carbons (Fsp3) is 0.0588. The molecule has 0 aliphatic heterocycles. The van der Waals surface area contributed by atoms with E-state index in [9.17, 15) is 0 Å². The van der Waals surface area contributed by atoms with Gasteiger partial charge in [-0.15, -0.1) is 0 Å². The van der Waals surface area contributed by atoms with Crippen molar-refractivity contribution in [3.05, 3.63) is 77.1 Å². The van der Waals surface area contributed by atoms with Gasteiger partial charge in [0.15, 0.2) is 0 Å². The summed E-state index contributed by atoms with van der Waals surface area (Å²) < 4.78 is 2.07. The summed E-state index contributed by atoms with van der Waals surface area (Å²) in [7, 11) is 0. The van der Waals surface area contributed by atoms with Gasteiger partial charge in [0.25, 0.3) is 0 Å². The van der Waals surface area contributed by atoms with Crippen LogP contribution in [0.1, 0.15) is 11.1 Å². The molecule has 0 amide bonds. The number of benzene rings is 2. The van der Waals surface area contributed by atoms with Crippen molar-refractivity contribution in [3.8, 4) is 17.5 Å². The van der Waals surface area contributed by atoms with Crippen LogP contribution in [0.15, 0.2) is 60.9 Å². The highest BCUT2D eigenvalue weighted by atomic mass is 35.5. The third-order valence-electron chi connectivity index (χ3n) is 3.25. The van der Waals surface area contributed by atoms with Gasteiger partial charge in [-0.1, -0.05) is 23.7 Å². The molecule has 0 N–H and O–H groups in total. The second-order valence-corrected chi connectivity index (χ2v) is 5.13. The first kappa shape index (κ1) is 13.4. The van der Waals surface area contributed by atoms with E-state index in [1.54, 1.807) is 6.20 Å². The van der Waals surface area contributed by atoms with Gasteiger partial charge in [-0.05, 0) is 42.0 Å². The number of nitrogens with zero attached hydrogens (tertiary/aromatic N) is 3. The standard InChI is InChI=1S/C17H12ClN3/c18-16-7-5-15(6-8-16)17-20-9-10-21(17)12-14-3-1-13(11-19)2-4-14/h1-10H,12H2. The monoisotopic (exact) mass is 293 g/mol. The number of halogens is 1. The van der Waals surface area contributed by atoms with Crippen LogP contribution in [-0.2, 0) is 6.54 Å². The van der Waals surface area contributed by atoms with Crippen molar-refractivity contribution in [2.24, 2.45) is 0 Å². The molecule has 1 heterocycles. The van der Waals surface area contributed by atoms with Gasteiger partial charge in [-0.2, -0.15) is 5.26 Å². The molecule has 0 spiro atoms. The lowest BCUT2D eigenvalue weighted by Gasteiger charge is -2.08. The van der Waals surface area contributed by atoms with E-state index in [1.807, 2.05) is 54.7 Å². The molecule has 3 aromatic rings. The maximum Gasteiger partial charge on any atom is 0.140 e. The predicted molar refractivity (Wildman–Crippen MR) is 82.9 cm³/mol. The van der Waals surface area contributed by atoms with Crippen molar-refractivity contribution in [2.45, 2.75) is 6.54 Å². The Balaban J connectivity index is 1.88. The van der Waals surface area contributed by atoms with E-state index in [-0.39, 0.29) is 0 Å². The van der Waals surface area contributed by atoms with Crippen LogP contribution < -0.4 is 0 Å². The lowest BCUT2D eigenvalue weighted by atomic mass is 10.1. The summed E-state index contributed by atoms with van der Waals surface area (Å²) in [6.07, 6.45) is 3.73. The van der Waals surface area contributed by atoms with Crippen molar-refractivity contribution in [1.29, 1.82) is 5.26 Å². The second kappa shape index (κ2) is 5.82. The largest absolute Gasteiger partial charge is 0.327 e. The summed E-state index contributed by atoms with van der Waals surface area (Å²) in [5.41, 5.74) is 2.82. The van der Waals surface area contributed by atoms with Crippen LogP contribution in [0.4, 0.5) is 0 Å². The average Bonchev–Trinajstić information content (AvgIpc) is 2.97. The summed E-state index contributed by atoms with van der Waals surface area (Å²) in [4.78, 5) is 4.41. The Morgan fingerprint density at radius 2 is 1.76 bits per heavy atom. The number of nitriles is 1. The van der Waals surface area contributed by atoms with Crippen molar-refractivity contribution in [1.82, 2.24) is 9.55 Å². The van der Waals surface area contributed by atoms with Crippen LogP contribution >= 0.6 is 11.6 Å². The molecule has 1 aromatic heterocycles. The highest BCUT2D eigenvalue weighted by Gasteiger charge is 2.06. The van der Waals surface area contributed by atoms with E-state index in [0.29, 0.717) is 17.1 Å². The van der Waals surface area contributed by atoms with Gasteiger partial charge < -0.3 is 4.57 Å². The van der Waals surface area contributed by atoms with Gasteiger partial charge in [0.1, 0.15) is 5.82 Å². The first-order valence-corrected chi connectivity index (χ1v) is 6.90. The Morgan fingerprint density at radius 1 is 1.05 bits per heavy atom. The van der Waals surface area contributed by atoms with Crippen LogP contribution in [0.3, 0.4) is 0 Å². The molecule has 3 rings (SSSR count). The Kier molecular flexibility index (Phi) is 3.72. The number of rotatable bonds is 3. The van der Waals surface area contributed by atoms with E-state index in [4.69, 9.17) is 16.9 Å². The fourth-order valence-electron chi connectivity index (χ4n) is 2.18. The average molecular weight is 294 g/mol. The number of hydrogen-bond donors (Lipinski definition) is 0. The zero-order valence-corrected chi connectivity index (χ0v) is 12.0. The van der Waals surface area contributed by atoms with Crippen LogP contribution in [0.2, 0.25) is 5.02 Å². The van der Waals surface area contributed by atoms with Crippen LogP contribution in [-0.4, -0.2) is 9.55 Å². The van der Waals surface area contributed by atoms with Gasteiger partial charge in [-0.3, -0.25) is 0 Å². The first-order chi connectivity index (χ1) is 10.3. The molecule has 2 aromatic carbocycles. The van der Waals surface area contributed by atoms with Gasteiger partial charge in [0.05, 0.1) is 11.6 Å². The minimum atomic E-state index is 0.669. The predicted octanol–water partition coefficient (Wildman–Crippen LogP) is 4.12. The summed E-state index contributed by atoms with van der Waals surface area (Å²) in [5.74, 6) is 0.899.